The fraction of sp³-hybridized carbons (Fsp3) is 0.200. The van der Waals surface area contributed by atoms with Crippen LogP contribution in [0.25, 0.3) is 0 Å². The number of aromatic nitrogens is 1. The third-order valence-corrected chi connectivity index (χ3v) is 2.98. The van der Waals surface area contributed by atoms with E-state index in [2.05, 4.69) is 4.74 Å². The van der Waals surface area contributed by atoms with Crippen LogP contribution in [0.5, 0.6) is 5.75 Å². The van der Waals surface area contributed by atoms with E-state index in [4.69, 9.17) is 5.73 Å². The molecule has 0 saturated heterocycles. The van der Waals surface area contributed by atoms with Gasteiger partial charge in [-0.3, -0.25) is 4.79 Å². The van der Waals surface area contributed by atoms with Gasteiger partial charge in [-0.15, -0.1) is 0 Å². The third kappa shape index (κ3) is 4.19. The molecule has 0 spiro atoms. The van der Waals surface area contributed by atoms with E-state index >= 15 is 0 Å². The summed E-state index contributed by atoms with van der Waals surface area (Å²) >= 11 is 0. The number of esters is 1. The van der Waals surface area contributed by atoms with E-state index in [1.807, 2.05) is 0 Å². The highest BCUT2D eigenvalue weighted by Crippen LogP contribution is 2.19. The predicted octanol–water partition coefficient (Wildman–Crippen LogP) is 1.82. The Morgan fingerprint density at radius 2 is 1.83 bits per heavy atom. The Hall–Kier alpha value is -2.61. The quantitative estimate of drug-likeness (QED) is 0.870. The number of pyridine rings is 1. The number of rotatable bonds is 4. The topological polar surface area (TPSA) is 74.3 Å². The van der Waals surface area contributed by atoms with E-state index in [1.165, 1.54) is 6.20 Å². The van der Waals surface area contributed by atoms with E-state index in [-0.39, 0.29) is 13.1 Å². The Labute approximate surface area is 129 Å². The van der Waals surface area contributed by atoms with Crippen LogP contribution >= 0.6 is 0 Å². The van der Waals surface area contributed by atoms with E-state index < -0.39 is 23.5 Å². The largest absolute Gasteiger partial charge is 0.491 e. The molecule has 2 N–H and O–H groups in total. The molecule has 0 saturated carbocycles. The second-order valence-corrected chi connectivity index (χ2v) is 4.72. The van der Waals surface area contributed by atoms with Crippen molar-refractivity contribution in [3.63, 3.8) is 0 Å². The second kappa shape index (κ2) is 6.66. The van der Waals surface area contributed by atoms with Gasteiger partial charge >= 0.3 is 12.1 Å². The van der Waals surface area contributed by atoms with Crippen molar-refractivity contribution in [3.8, 4) is 5.75 Å². The summed E-state index contributed by atoms with van der Waals surface area (Å²) in [5.74, 6) is -3.15. The molecule has 1 aromatic heterocycles. The van der Waals surface area contributed by atoms with Gasteiger partial charge in [-0.2, -0.15) is 13.2 Å². The van der Waals surface area contributed by atoms with Crippen LogP contribution in [0.1, 0.15) is 11.1 Å². The van der Waals surface area contributed by atoms with Crippen molar-refractivity contribution in [2.75, 3.05) is 0 Å². The summed E-state index contributed by atoms with van der Waals surface area (Å²) in [5.41, 5.74) is 5.75. The van der Waals surface area contributed by atoms with Gasteiger partial charge in [0.1, 0.15) is 0 Å². The van der Waals surface area contributed by atoms with Gasteiger partial charge in [0.15, 0.2) is 5.75 Å². The number of ether oxygens (including phenoxy) is 1. The van der Waals surface area contributed by atoms with E-state index in [0.29, 0.717) is 5.56 Å². The third-order valence-electron chi connectivity index (χ3n) is 2.98. The molecule has 8 heteroatoms. The molecule has 1 aromatic carbocycles. The smallest absolute Gasteiger partial charge is 0.414 e. The van der Waals surface area contributed by atoms with Crippen LogP contribution in [0.4, 0.5) is 13.2 Å². The molecule has 23 heavy (non-hydrogen) atoms. The molecule has 122 valence electrons. The summed E-state index contributed by atoms with van der Waals surface area (Å²) in [5, 5.41) is 0. The molecular weight excluding hydrogens is 313 g/mol. The summed E-state index contributed by atoms with van der Waals surface area (Å²) in [7, 11) is 0. The first-order chi connectivity index (χ1) is 10.8. The number of nitrogens with two attached hydrogens (primary N) is 1. The van der Waals surface area contributed by atoms with E-state index in [0.717, 1.165) is 16.2 Å². The average Bonchev–Trinajstić information content (AvgIpc) is 2.51. The maximum atomic E-state index is 12.3. The van der Waals surface area contributed by atoms with Gasteiger partial charge in [0.25, 0.3) is 5.56 Å². The number of benzene rings is 1. The monoisotopic (exact) mass is 326 g/mol. The predicted molar refractivity (Wildman–Crippen MR) is 75.8 cm³/mol. The SMILES string of the molecule is NCc1cc(OC(=O)C(F)(F)F)c(=O)n(Cc2ccccc2)c1. The standard InChI is InChI=1S/C15H13F3N2O3/c16-15(17,18)14(22)23-12-6-11(7-19)9-20(13(12)21)8-10-4-2-1-3-5-10/h1-6,9H,7-8,19H2. The molecule has 0 aliphatic heterocycles. The van der Waals surface area contributed by atoms with Crippen LogP contribution in [-0.4, -0.2) is 16.7 Å². The number of halogens is 3. The van der Waals surface area contributed by atoms with E-state index in [1.54, 1.807) is 30.3 Å². The number of alkyl halides is 3. The van der Waals surface area contributed by atoms with Gasteiger partial charge in [0.2, 0.25) is 0 Å². The molecule has 0 unspecified atom stereocenters. The van der Waals surface area contributed by atoms with Crippen molar-refractivity contribution >= 4 is 5.97 Å². The summed E-state index contributed by atoms with van der Waals surface area (Å²) in [6.45, 7) is 0.0930. The first-order valence-electron chi connectivity index (χ1n) is 6.57. The molecule has 0 fully saturated rings. The number of hydrogen-bond donors (Lipinski definition) is 1. The van der Waals surface area contributed by atoms with Gasteiger partial charge in [-0.1, -0.05) is 30.3 Å². The van der Waals surface area contributed by atoms with Crippen LogP contribution in [0.15, 0.2) is 47.4 Å². The molecule has 0 aliphatic rings. The lowest BCUT2D eigenvalue weighted by atomic mass is 10.2. The van der Waals surface area contributed by atoms with Crippen molar-refractivity contribution in [2.24, 2.45) is 5.73 Å². The Morgan fingerprint density at radius 1 is 1.17 bits per heavy atom. The summed E-state index contributed by atoms with van der Waals surface area (Å²) in [6.07, 6.45) is -3.77. The first-order valence-corrected chi connectivity index (χ1v) is 6.57. The molecule has 0 atom stereocenters. The maximum Gasteiger partial charge on any atom is 0.491 e. The average molecular weight is 326 g/mol. The number of carbonyl (C=O) groups excluding carboxylic acids is 1. The minimum absolute atomic E-state index is 0.0222. The van der Waals surface area contributed by atoms with Gasteiger partial charge < -0.3 is 15.0 Å². The number of carbonyl (C=O) groups is 1. The second-order valence-electron chi connectivity index (χ2n) is 4.72. The summed E-state index contributed by atoms with van der Waals surface area (Å²) < 4.78 is 42.2. The molecule has 1 heterocycles. The Bertz CT molecular complexity index is 755. The van der Waals surface area contributed by atoms with Crippen molar-refractivity contribution in [1.29, 1.82) is 0 Å². The van der Waals surface area contributed by atoms with E-state index in [9.17, 15) is 22.8 Å². The lowest BCUT2D eigenvalue weighted by Crippen LogP contribution is -2.32. The number of nitrogens with zero attached hydrogens (tertiary/aromatic N) is 1. The fourth-order valence-corrected chi connectivity index (χ4v) is 1.91. The van der Waals surface area contributed by atoms with Gasteiger partial charge in [0, 0.05) is 12.7 Å². The Balaban J connectivity index is 2.38. The molecule has 2 rings (SSSR count). The van der Waals surface area contributed by atoms with Crippen LogP contribution in [0.2, 0.25) is 0 Å². The zero-order chi connectivity index (χ0) is 17.0. The molecule has 0 amide bonds. The first kappa shape index (κ1) is 16.8. The fourth-order valence-electron chi connectivity index (χ4n) is 1.91. The summed E-state index contributed by atoms with van der Waals surface area (Å²) in [4.78, 5) is 23.1. The van der Waals surface area contributed by atoms with Crippen LogP contribution in [0, 0.1) is 0 Å². The molecule has 0 radical (unpaired) electrons. The van der Waals surface area contributed by atoms with Crippen LogP contribution < -0.4 is 16.0 Å². The van der Waals surface area contributed by atoms with Crippen molar-refractivity contribution in [3.05, 3.63) is 64.1 Å². The highest BCUT2D eigenvalue weighted by molar-refractivity contribution is 5.78. The number of hydrogen-bond acceptors (Lipinski definition) is 4. The van der Waals surface area contributed by atoms with Crippen LogP contribution in [0.3, 0.4) is 0 Å². The Morgan fingerprint density at radius 3 is 2.39 bits per heavy atom. The van der Waals surface area contributed by atoms with Gasteiger partial charge in [0.05, 0.1) is 6.54 Å². The Kier molecular flexibility index (Phi) is 4.85. The highest BCUT2D eigenvalue weighted by atomic mass is 19.4. The minimum Gasteiger partial charge on any atom is -0.414 e. The zero-order valence-electron chi connectivity index (χ0n) is 11.8. The van der Waals surface area contributed by atoms with Crippen molar-refractivity contribution < 1.29 is 22.7 Å². The molecule has 5 nitrogen and oxygen atoms in total. The highest BCUT2D eigenvalue weighted by Gasteiger charge is 2.41. The normalized spacial score (nSPS) is 11.3. The summed E-state index contributed by atoms with van der Waals surface area (Å²) in [6, 6.07) is 9.86. The van der Waals surface area contributed by atoms with Gasteiger partial charge in [-0.25, -0.2) is 4.79 Å². The lowest BCUT2D eigenvalue weighted by Gasteiger charge is -2.12. The van der Waals surface area contributed by atoms with Crippen LogP contribution in [-0.2, 0) is 17.9 Å². The molecular formula is C15H13F3N2O3. The molecule has 2 aromatic rings. The maximum absolute atomic E-state index is 12.3. The zero-order valence-corrected chi connectivity index (χ0v) is 11.8. The van der Waals surface area contributed by atoms with Crippen molar-refractivity contribution in [2.45, 2.75) is 19.3 Å². The molecule has 0 aliphatic carbocycles. The van der Waals surface area contributed by atoms with Crippen molar-refractivity contribution in [1.82, 2.24) is 4.57 Å². The van der Waals surface area contributed by atoms with Gasteiger partial charge in [-0.05, 0) is 17.2 Å². The lowest BCUT2D eigenvalue weighted by molar-refractivity contribution is -0.189. The molecule has 0 bridgehead atoms. The minimum atomic E-state index is -5.19.